The lowest BCUT2D eigenvalue weighted by atomic mass is 10.0. The Labute approximate surface area is 55.5 Å². The maximum Gasteiger partial charge on any atom is 0.161 e. The molecular weight excluding hydrogens is 114 g/mol. The summed E-state index contributed by atoms with van der Waals surface area (Å²) in [7, 11) is 0. The highest BCUT2D eigenvalue weighted by Crippen LogP contribution is 2.32. The zero-order valence-corrected chi connectivity index (χ0v) is 5.51. The smallest absolute Gasteiger partial charge is 0.161 e. The van der Waals surface area contributed by atoms with E-state index in [4.69, 9.17) is 0 Å². The van der Waals surface area contributed by atoms with Crippen LogP contribution < -0.4 is 0 Å². The molecule has 9 heavy (non-hydrogen) atoms. The number of hydrogen-bond donors (Lipinski definition) is 1. The number of nitrogens with zero attached hydrogens (tertiary/aromatic N) is 1. The van der Waals surface area contributed by atoms with Gasteiger partial charge >= 0.3 is 0 Å². The van der Waals surface area contributed by atoms with Gasteiger partial charge in [0, 0.05) is 13.1 Å². The molecule has 2 aliphatic heterocycles. The third kappa shape index (κ3) is 0.864. The van der Waals surface area contributed by atoms with Crippen molar-refractivity contribution < 1.29 is 5.11 Å². The fourth-order valence-corrected chi connectivity index (χ4v) is 1.79. The van der Waals surface area contributed by atoms with Gasteiger partial charge in [0.2, 0.25) is 0 Å². The second-order valence-corrected chi connectivity index (χ2v) is 3.06. The molecule has 1 N–H and O–H groups in total. The van der Waals surface area contributed by atoms with E-state index in [1.807, 2.05) is 0 Å². The van der Waals surface area contributed by atoms with E-state index in [0.717, 1.165) is 25.4 Å². The molecule has 2 rings (SSSR count). The van der Waals surface area contributed by atoms with Crippen LogP contribution in [0.5, 0.6) is 0 Å². The summed E-state index contributed by atoms with van der Waals surface area (Å²) >= 11 is 0. The molecule has 2 atom stereocenters. The standard InChI is InChI=1S/C7H12NO/c9-7-2-1-6-3-4-8(7)5-6/h6,9H,1-5H2. The summed E-state index contributed by atoms with van der Waals surface area (Å²) in [5.74, 6) is 0.890. The zero-order chi connectivity index (χ0) is 6.27. The molecule has 2 bridgehead atoms. The van der Waals surface area contributed by atoms with Gasteiger partial charge in [-0.25, -0.2) is 0 Å². The van der Waals surface area contributed by atoms with Crippen LogP contribution in [0.4, 0.5) is 0 Å². The van der Waals surface area contributed by atoms with E-state index in [1.165, 1.54) is 12.8 Å². The maximum atomic E-state index is 9.24. The number of aliphatic hydroxyl groups excluding tert-OH is 1. The molecule has 2 fully saturated rings. The molecule has 0 amide bonds. The Morgan fingerprint density at radius 2 is 2.33 bits per heavy atom. The van der Waals surface area contributed by atoms with Crippen LogP contribution in [0.25, 0.3) is 0 Å². The highest BCUT2D eigenvalue weighted by Gasteiger charge is 2.32. The van der Waals surface area contributed by atoms with Crippen LogP contribution in [0.15, 0.2) is 0 Å². The van der Waals surface area contributed by atoms with Crippen LogP contribution in [0.1, 0.15) is 19.3 Å². The topological polar surface area (TPSA) is 23.5 Å². The number of piperidine rings is 1. The van der Waals surface area contributed by atoms with Gasteiger partial charge in [0.15, 0.2) is 6.23 Å². The van der Waals surface area contributed by atoms with Crippen molar-refractivity contribution in [1.82, 2.24) is 4.90 Å². The first-order valence-corrected chi connectivity index (χ1v) is 3.66. The van der Waals surface area contributed by atoms with Crippen LogP contribution in [0, 0.1) is 12.1 Å². The minimum Gasteiger partial charge on any atom is -0.371 e. The minimum atomic E-state index is 0.628. The lowest BCUT2D eigenvalue weighted by molar-refractivity contribution is 0.0966. The van der Waals surface area contributed by atoms with Crippen molar-refractivity contribution in [2.45, 2.75) is 19.3 Å². The Bertz CT molecular complexity index is 115. The van der Waals surface area contributed by atoms with Crippen molar-refractivity contribution in [3.8, 4) is 0 Å². The summed E-state index contributed by atoms with van der Waals surface area (Å²) in [6.45, 7) is 2.21. The van der Waals surface area contributed by atoms with Crippen LogP contribution in [-0.2, 0) is 0 Å². The predicted octanol–water partition coefficient (Wildman–Crippen LogP) is 0.964. The van der Waals surface area contributed by atoms with Crippen LogP contribution in [-0.4, -0.2) is 23.1 Å². The molecule has 0 saturated carbocycles. The van der Waals surface area contributed by atoms with Crippen LogP contribution in [0.2, 0.25) is 0 Å². The summed E-state index contributed by atoms with van der Waals surface area (Å²) in [6.07, 6.45) is 4.06. The van der Waals surface area contributed by atoms with Crippen molar-refractivity contribution in [3.63, 3.8) is 0 Å². The molecular formula is C7H12NO. The molecule has 0 aliphatic carbocycles. The molecule has 2 unspecified atom stereocenters. The fourth-order valence-electron chi connectivity index (χ4n) is 1.79. The highest BCUT2D eigenvalue weighted by molar-refractivity contribution is 4.91. The Balaban J connectivity index is 2.05. The maximum absolute atomic E-state index is 9.24. The first-order valence-electron chi connectivity index (χ1n) is 3.66. The largest absolute Gasteiger partial charge is 0.371 e. The first-order chi connectivity index (χ1) is 4.36. The van der Waals surface area contributed by atoms with Crippen molar-refractivity contribution in [2.75, 3.05) is 13.1 Å². The van der Waals surface area contributed by atoms with Gasteiger partial charge in [0.25, 0.3) is 0 Å². The van der Waals surface area contributed by atoms with Crippen molar-refractivity contribution >= 4 is 0 Å². The fraction of sp³-hybridized carbons (Fsp3) is 0.857. The van der Waals surface area contributed by atoms with Gasteiger partial charge < -0.3 is 5.11 Å². The minimum absolute atomic E-state index is 0.628. The van der Waals surface area contributed by atoms with Crippen molar-refractivity contribution in [2.24, 2.45) is 5.92 Å². The van der Waals surface area contributed by atoms with E-state index >= 15 is 0 Å². The SMILES string of the molecule is O[C]1CCC2CCN1C2. The second-order valence-electron chi connectivity index (χ2n) is 3.06. The molecule has 0 aromatic rings. The average molecular weight is 126 g/mol. The molecule has 1 radical (unpaired) electrons. The van der Waals surface area contributed by atoms with Gasteiger partial charge in [0.1, 0.15) is 0 Å². The summed E-state index contributed by atoms with van der Waals surface area (Å²) in [5.41, 5.74) is 0. The molecule has 2 nitrogen and oxygen atoms in total. The molecule has 0 spiro atoms. The summed E-state index contributed by atoms with van der Waals surface area (Å²) < 4.78 is 0. The first kappa shape index (κ1) is 5.69. The Kier molecular flexibility index (Phi) is 1.24. The predicted molar refractivity (Wildman–Crippen MR) is 34.1 cm³/mol. The number of fused-ring (bicyclic) bond motifs is 2. The Morgan fingerprint density at radius 3 is 3.11 bits per heavy atom. The average Bonchev–Trinajstić information content (AvgIpc) is 2.25. The van der Waals surface area contributed by atoms with Gasteiger partial charge in [-0.15, -0.1) is 0 Å². The molecule has 51 valence electrons. The number of rotatable bonds is 0. The van der Waals surface area contributed by atoms with E-state index in [9.17, 15) is 5.11 Å². The molecule has 2 aliphatic rings. The normalized spacial score (nSPS) is 43.7. The van der Waals surface area contributed by atoms with E-state index in [2.05, 4.69) is 4.90 Å². The quantitative estimate of drug-likeness (QED) is 0.522. The van der Waals surface area contributed by atoms with Gasteiger partial charge in [-0.2, -0.15) is 0 Å². The molecule has 2 saturated heterocycles. The molecule has 2 heteroatoms. The number of hydrogen-bond acceptors (Lipinski definition) is 2. The Morgan fingerprint density at radius 1 is 1.44 bits per heavy atom. The van der Waals surface area contributed by atoms with Gasteiger partial charge in [-0.1, -0.05) is 0 Å². The van der Waals surface area contributed by atoms with E-state index in [-0.39, 0.29) is 0 Å². The summed E-state index contributed by atoms with van der Waals surface area (Å²) in [6, 6.07) is 0. The van der Waals surface area contributed by atoms with Crippen molar-refractivity contribution in [1.29, 1.82) is 0 Å². The number of aliphatic hydroxyl groups is 1. The monoisotopic (exact) mass is 126 g/mol. The molecule has 2 heterocycles. The molecule has 0 aromatic carbocycles. The summed E-state index contributed by atoms with van der Waals surface area (Å²) in [4.78, 5) is 2.11. The van der Waals surface area contributed by atoms with Gasteiger partial charge in [0.05, 0.1) is 0 Å². The van der Waals surface area contributed by atoms with Crippen LogP contribution >= 0.6 is 0 Å². The molecule has 0 aromatic heterocycles. The summed E-state index contributed by atoms with van der Waals surface area (Å²) in [5, 5.41) is 9.24. The van der Waals surface area contributed by atoms with E-state index < -0.39 is 0 Å². The third-order valence-corrected chi connectivity index (χ3v) is 2.43. The lowest BCUT2D eigenvalue weighted by Crippen LogP contribution is -2.29. The third-order valence-electron chi connectivity index (χ3n) is 2.43. The zero-order valence-electron chi connectivity index (χ0n) is 5.51. The van der Waals surface area contributed by atoms with Gasteiger partial charge in [-0.05, 0) is 25.2 Å². The van der Waals surface area contributed by atoms with E-state index in [0.29, 0.717) is 6.23 Å². The second kappa shape index (κ2) is 1.96. The lowest BCUT2D eigenvalue weighted by Gasteiger charge is -2.26. The Hall–Kier alpha value is -0.0800. The van der Waals surface area contributed by atoms with Crippen LogP contribution in [0.3, 0.4) is 0 Å². The van der Waals surface area contributed by atoms with E-state index in [1.54, 1.807) is 0 Å². The van der Waals surface area contributed by atoms with Gasteiger partial charge in [-0.3, -0.25) is 4.90 Å². The van der Waals surface area contributed by atoms with Crippen molar-refractivity contribution in [3.05, 3.63) is 6.23 Å². The highest BCUT2D eigenvalue weighted by atomic mass is 16.3.